The lowest BCUT2D eigenvalue weighted by molar-refractivity contribution is 0.658. The van der Waals surface area contributed by atoms with Crippen molar-refractivity contribution in [2.75, 3.05) is 0 Å². The van der Waals surface area contributed by atoms with Gasteiger partial charge in [0.1, 0.15) is 0 Å². The predicted octanol–water partition coefficient (Wildman–Crippen LogP) is 0.872. The average molecular weight is 96.1 g/mol. The molecule has 0 aromatic heterocycles. The van der Waals surface area contributed by atoms with Crippen LogP contribution in [0.15, 0.2) is 24.0 Å². The first-order valence-corrected chi connectivity index (χ1v) is 1.84. The van der Waals surface area contributed by atoms with E-state index in [1.165, 1.54) is 12.4 Å². The van der Waals surface area contributed by atoms with Crippen LogP contribution in [0.1, 0.15) is 0 Å². The molecule has 0 aromatic rings. The van der Waals surface area contributed by atoms with Gasteiger partial charge in [0.15, 0.2) is 24.2 Å². The summed E-state index contributed by atoms with van der Waals surface area (Å²) < 4.78 is 11.8. The lowest BCUT2D eigenvalue weighted by Crippen LogP contribution is -1.93. The molecule has 0 unspecified atom stereocenters. The third-order valence-electron chi connectivity index (χ3n) is 0.564. The molecule has 7 heavy (non-hydrogen) atoms. The number of halogens is 1. The van der Waals surface area contributed by atoms with Crippen molar-refractivity contribution in [2.45, 2.75) is 0 Å². The second kappa shape index (κ2) is 1.57. The summed E-state index contributed by atoms with van der Waals surface area (Å²) in [6, 6.07) is 0. The third kappa shape index (κ3) is 0.866. The quantitative estimate of drug-likeness (QED) is 0.348. The van der Waals surface area contributed by atoms with E-state index in [0.29, 0.717) is 0 Å². The van der Waals surface area contributed by atoms with E-state index < -0.39 is 5.83 Å². The van der Waals surface area contributed by atoms with Crippen LogP contribution in [0.3, 0.4) is 0 Å². The fourth-order valence-electron chi connectivity index (χ4n) is 0.293. The van der Waals surface area contributed by atoms with Gasteiger partial charge in [-0.1, -0.05) is 0 Å². The molecule has 1 aliphatic rings. The van der Waals surface area contributed by atoms with Crippen LogP contribution in [0.4, 0.5) is 4.39 Å². The van der Waals surface area contributed by atoms with Gasteiger partial charge in [0.25, 0.3) is 0 Å². The van der Waals surface area contributed by atoms with Crippen molar-refractivity contribution in [1.82, 2.24) is 5.32 Å². The van der Waals surface area contributed by atoms with Crippen molar-refractivity contribution in [2.24, 2.45) is 0 Å². The molecule has 0 spiro atoms. The highest BCUT2D eigenvalue weighted by Gasteiger charge is 2.00. The Balaban J connectivity index is 2.89. The van der Waals surface area contributed by atoms with E-state index in [0.717, 1.165) is 0 Å². The molecule has 1 aliphatic heterocycles. The number of hydrogen-bond acceptors (Lipinski definition) is 1. The first kappa shape index (κ1) is 4.07. The zero-order chi connectivity index (χ0) is 5.11. The van der Waals surface area contributed by atoms with E-state index in [1.54, 1.807) is 0 Å². The fourth-order valence-corrected chi connectivity index (χ4v) is 0.293. The summed E-state index contributed by atoms with van der Waals surface area (Å²) in [5, 5.41) is 2.58. The Morgan fingerprint density at radius 1 is 1.86 bits per heavy atom. The molecule has 2 heteroatoms. The summed E-state index contributed by atoms with van der Waals surface area (Å²) in [6.07, 6.45) is 5.02. The minimum Gasteiger partial charge on any atom is -0.318 e. The van der Waals surface area contributed by atoms with Crippen molar-refractivity contribution in [3.05, 3.63) is 30.0 Å². The Hall–Kier alpha value is -1.10. The highest BCUT2D eigenvalue weighted by molar-refractivity contribution is 5.07. The lowest BCUT2D eigenvalue weighted by Gasteiger charge is -1.75. The van der Waals surface area contributed by atoms with Gasteiger partial charge in [-0.3, -0.25) is 0 Å². The molecule has 0 aliphatic carbocycles. The van der Waals surface area contributed by atoms with Crippen LogP contribution in [-0.2, 0) is 0 Å². The first-order chi connectivity index (χ1) is 3.39. The summed E-state index contributed by atoms with van der Waals surface area (Å²) in [6.45, 7) is 0. The van der Waals surface area contributed by atoms with Gasteiger partial charge < -0.3 is 5.32 Å². The maximum atomic E-state index is 11.8. The highest BCUT2D eigenvalue weighted by Crippen LogP contribution is 1.94. The lowest BCUT2D eigenvalue weighted by atomic mass is 10.5. The number of nitrogens with one attached hydrogen (secondary N) is 1. The summed E-state index contributed by atoms with van der Waals surface area (Å²) in [4.78, 5) is 0. The molecule has 0 radical (unpaired) electrons. The topological polar surface area (TPSA) is 12.0 Å². The SMILES string of the molecule is FC1=C=CNC=[C+]1. The predicted molar refractivity (Wildman–Crippen MR) is 23.7 cm³/mol. The van der Waals surface area contributed by atoms with Gasteiger partial charge in [0.05, 0.1) is 0 Å². The standard InChI is InChI=1S/C5H3FN/c6-5-1-3-7-4-2-5/h3-4,7H/q+1. The fraction of sp³-hybridized carbons (Fsp3) is 0. The monoisotopic (exact) mass is 96.0 g/mol. The van der Waals surface area contributed by atoms with Crippen LogP contribution in [0.25, 0.3) is 0 Å². The van der Waals surface area contributed by atoms with Crippen molar-refractivity contribution in [3.63, 3.8) is 0 Å². The van der Waals surface area contributed by atoms with Gasteiger partial charge in [-0.25, -0.2) is 0 Å². The largest absolute Gasteiger partial charge is 0.408 e. The van der Waals surface area contributed by atoms with Crippen LogP contribution in [0.5, 0.6) is 0 Å². The summed E-state index contributed by atoms with van der Waals surface area (Å²) in [7, 11) is 0. The van der Waals surface area contributed by atoms with E-state index in [1.807, 2.05) is 0 Å². The molecule has 1 N–H and O–H groups in total. The van der Waals surface area contributed by atoms with Gasteiger partial charge in [0.2, 0.25) is 0 Å². The van der Waals surface area contributed by atoms with Crippen molar-refractivity contribution in [3.8, 4) is 0 Å². The Morgan fingerprint density at radius 3 is 3.00 bits per heavy atom. The maximum absolute atomic E-state index is 11.8. The average Bonchev–Trinajstić information content (AvgIpc) is 1.69. The molecule has 1 heterocycles. The molecule has 1 rings (SSSR count). The molecule has 0 amide bonds. The second-order valence-corrected chi connectivity index (χ2v) is 1.06. The Kier molecular flexibility index (Phi) is 0.910. The summed E-state index contributed by atoms with van der Waals surface area (Å²) in [5.41, 5.74) is 2.25. The van der Waals surface area contributed by atoms with Crippen molar-refractivity contribution in [1.29, 1.82) is 0 Å². The van der Waals surface area contributed by atoms with E-state index in [2.05, 4.69) is 17.1 Å². The first-order valence-electron chi connectivity index (χ1n) is 1.84. The maximum Gasteiger partial charge on any atom is 0.408 e. The molecule has 34 valence electrons. The van der Waals surface area contributed by atoms with Crippen LogP contribution in [0, 0.1) is 6.08 Å². The normalized spacial score (nSPS) is 14.7. The Morgan fingerprint density at radius 2 is 2.71 bits per heavy atom. The minimum atomic E-state index is -0.459. The van der Waals surface area contributed by atoms with Gasteiger partial charge in [-0.2, -0.15) is 0 Å². The van der Waals surface area contributed by atoms with Gasteiger partial charge in [-0.15, -0.1) is 4.39 Å². The van der Waals surface area contributed by atoms with Crippen LogP contribution in [0.2, 0.25) is 0 Å². The molecule has 0 saturated heterocycles. The molecular formula is C5H3FN+. The van der Waals surface area contributed by atoms with Crippen molar-refractivity contribution >= 4 is 0 Å². The zero-order valence-electron chi connectivity index (χ0n) is 3.53. The summed E-state index contributed by atoms with van der Waals surface area (Å²) >= 11 is 0. The third-order valence-corrected chi connectivity index (χ3v) is 0.564. The Bertz CT molecular complexity index is 151. The van der Waals surface area contributed by atoms with Crippen LogP contribution >= 0.6 is 0 Å². The number of rotatable bonds is 0. The number of hydrogen-bond donors (Lipinski definition) is 1. The highest BCUT2D eigenvalue weighted by atomic mass is 19.1. The molecular weight excluding hydrogens is 93.1 g/mol. The minimum absolute atomic E-state index is 0.459. The summed E-state index contributed by atoms with van der Waals surface area (Å²) in [5.74, 6) is -0.459. The van der Waals surface area contributed by atoms with Crippen molar-refractivity contribution < 1.29 is 4.39 Å². The molecule has 0 aromatic carbocycles. The van der Waals surface area contributed by atoms with Crippen LogP contribution < -0.4 is 5.32 Å². The van der Waals surface area contributed by atoms with Crippen LogP contribution in [-0.4, -0.2) is 0 Å². The van der Waals surface area contributed by atoms with Gasteiger partial charge in [-0.05, 0) is 0 Å². The van der Waals surface area contributed by atoms with Gasteiger partial charge in [0, 0.05) is 0 Å². The van der Waals surface area contributed by atoms with E-state index in [9.17, 15) is 4.39 Å². The molecule has 0 atom stereocenters. The van der Waals surface area contributed by atoms with Gasteiger partial charge >= 0.3 is 5.83 Å². The smallest absolute Gasteiger partial charge is 0.318 e. The van der Waals surface area contributed by atoms with E-state index >= 15 is 0 Å². The molecule has 0 fully saturated rings. The number of allylic oxidation sites excluding steroid dienone is 2. The zero-order valence-corrected chi connectivity index (χ0v) is 3.53. The molecule has 1 nitrogen and oxygen atoms in total. The molecule has 0 bridgehead atoms. The van der Waals surface area contributed by atoms with E-state index in [4.69, 9.17) is 0 Å². The Labute approximate surface area is 40.8 Å². The van der Waals surface area contributed by atoms with E-state index in [-0.39, 0.29) is 0 Å². The second-order valence-electron chi connectivity index (χ2n) is 1.06. The molecule has 0 saturated carbocycles.